The van der Waals surface area contributed by atoms with Crippen molar-refractivity contribution in [2.24, 2.45) is 0 Å². The van der Waals surface area contributed by atoms with Crippen LogP contribution in [0.5, 0.6) is 0 Å². The molecule has 1 aliphatic rings. The number of rotatable bonds is 5. The van der Waals surface area contributed by atoms with Crippen molar-refractivity contribution in [2.75, 3.05) is 11.9 Å². The molecule has 0 bridgehead atoms. The van der Waals surface area contributed by atoms with E-state index in [2.05, 4.69) is 24.5 Å². The number of carbonyl (C=O) groups excluding carboxylic acids is 1. The van der Waals surface area contributed by atoms with Gasteiger partial charge in [0, 0.05) is 27.6 Å². The van der Waals surface area contributed by atoms with E-state index in [1.807, 2.05) is 18.2 Å². The van der Waals surface area contributed by atoms with Gasteiger partial charge in [0.05, 0.1) is 5.69 Å². The number of thioether (sulfide) groups is 1. The summed E-state index contributed by atoms with van der Waals surface area (Å²) in [5, 5.41) is 7.45. The zero-order chi connectivity index (χ0) is 14.5. The van der Waals surface area contributed by atoms with Crippen molar-refractivity contribution >= 4 is 47.4 Å². The van der Waals surface area contributed by atoms with Gasteiger partial charge < -0.3 is 10.6 Å². The minimum absolute atomic E-state index is 0. The third kappa shape index (κ3) is 6.07. The molecule has 0 spiro atoms. The Labute approximate surface area is 142 Å². The van der Waals surface area contributed by atoms with Gasteiger partial charge in [-0.3, -0.25) is 4.79 Å². The Hall–Kier alpha value is -0.420. The predicted molar refractivity (Wildman–Crippen MR) is 94.0 cm³/mol. The second-order valence-corrected chi connectivity index (χ2v) is 7.41. The van der Waals surface area contributed by atoms with Gasteiger partial charge in [-0.05, 0) is 37.6 Å². The van der Waals surface area contributed by atoms with Gasteiger partial charge in [-0.25, -0.2) is 0 Å². The Morgan fingerprint density at radius 2 is 2.29 bits per heavy atom. The molecular formula is C15H22Cl2N2OS. The van der Waals surface area contributed by atoms with Crippen LogP contribution in [0.15, 0.2) is 23.1 Å². The first kappa shape index (κ1) is 18.6. The van der Waals surface area contributed by atoms with E-state index in [-0.39, 0.29) is 18.3 Å². The van der Waals surface area contributed by atoms with Crippen LogP contribution in [0.2, 0.25) is 5.02 Å². The molecule has 21 heavy (non-hydrogen) atoms. The molecule has 1 aliphatic heterocycles. The summed E-state index contributed by atoms with van der Waals surface area (Å²) in [4.78, 5) is 13.2. The van der Waals surface area contributed by atoms with Gasteiger partial charge in [0.1, 0.15) is 0 Å². The molecule has 1 atom stereocenters. The topological polar surface area (TPSA) is 41.1 Å². The number of anilines is 1. The van der Waals surface area contributed by atoms with Crippen LogP contribution in [0.25, 0.3) is 0 Å². The highest BCUT2D eigenvalue weighted by molar-refractivity contribution is 8.00. The number of carbonyl (C=O) groups is 1. The maximum Gasteiger partial charge on any atom is 0.225 e. The zero-order valence-corrected chi connectivity index (χ0v) is 14.7. The average Bonchev–Trinajstić information content (AvgIpc) is 2.84. The van der Waals surface area contributed by atoms with Crippen molar-refractivity contribution in [3.8, 4) is 0 Å². The number of nitrogens with one attached hydrogen (secondary N) is 2. The Balaban J connectivity index is 0.00000220. The van der Waals surface area contributed by atoms with Crippen LogP contribution in [-0.4, -0.2) is 23.7 Å². The third-order valence-corrected chi connectivity index (χ3v) is 4.49. The van der Waals surface area contributed by atoms with Crippen LogP contribution in [0.1, 0.15) is 33.1 Å². The van der Waals surface area contributed by atoms with E-state index in [1.165, 1.54) is 0 Å². The SMILES string of the molecule is CC(C)Sc1ccc(Cl)cc1NC(=O)CC1CCCN1.Cl. The summed E-state index contributed by atoms with van der Waals surface area (Å²) in [5.74, 6) is 0.0530. The highest BCUT2D eigenvalue weighted by Crippen LogP contribution is 2.32. The van der Waals surface area contributed by atoms with Gasteiger partial charge in [-0.2, -0.15) is 0 Å². The van der Waals surface area contributed by atoms with E-state index in [0.717, 1.165) is 30.0 Å². The van der Waals surface area contributed by atoms with Gasteiger partial charge in [-0.1, -0.05) is 25.4 Å². The first-order valence-corrected chi connectivity index (χ1v) is 8.30. The van der Waals surface area contributed by atoms with Crippen LogP contribution >= 0.6 is 35.8 Å². The third-order valence-electron chi connectivity index (χ3n) is 3.17. The van der Waals surface area contributed by atoms with E-state index >= 15 is 0 Å². The minimum atomic E-state index is 0. The molecular weight excluding hydrogens is 327 g/mol. The summed E-state index contributed by atoms with van der Waals surface area (Å²) in [6.45, 7) is 5.28. The average molecular weight is 349 g/mol. The molecule has 2 rings (SSSR count). The Morgan fingerprint density at radius 3 is 2.90 bits per heavy atom. The fraction of sp³-hybridized carbons (Fsp3) is 0.533. The van der Waals surface area contributed by atoms with Gasteiger partial charge in [0.25, 0.3) is 0 Å². The fourth-order valence-electron chi connectivity index (χ4n) is 2.31. The highest BCUT2D eigenvalue weighted by Gasteiger charge is 2.18. The normalized spacial score (nSPS) is 17.6. The monoisotopic (exact) mass is 348 g/mol. The second-order valence-electron chi connectivity index (χ2n) is 5.35. The van der Waals surface area contributed by atoms with Crippen LogP contribution in [0.4, 0.5) is 5.69 Å². The Kier molecular flexibility index (Phi) is 7.88. The van der Waals surface area contributed by atoms with E-state index in [4.69, 9.17) is 11.6 Å². The predicted octanol–water partition coefficient (Wildman–Crippen LogP) is 4.34. The van der Waals surface area contributed by atoms with Gasteiger partial charge in [0.15, 0.2) is 0 Å². The number of halogens is 2. The number of benzene rings is 1. The van der Waals surface area contributed by atoms with Crippen molar-refractivity contribution in [3.63, 3.8) is 0 Å². The smallest absolute Gasteiger partial charge is 0.225 e. The van der Waals surface area contributed by atoms with E-state index in [9.17, 15) is 4.79 Å². The van der Waals surface area contributed by atoms with Crippen LogP contribution in [-0.2, 0) is 4.79 Å². The van der Waals surface area contributed by atoms with Crippen LogP contribution < -0.4 is 10.6 Å². The molecule has 118 valence electrons. The summed E-state index contributed by atoms with van der Waals surface area (Å²) in [7, 11) is 0. The molecule has 1 heterocycles. The summed E-state index contributed by atoms with van der Waals surface area (Å²) in [6.07, 6.45) is 2.76. The number of hydrogen-bond acceptors (Lipinski definition) is 3. The van der Waals surface area contributed by atoms with Crippen molar-refractivity contribution in [2.45, 2.75) is 49.3 Å². The molecule has 2 N–H and O–H groups in total. The Bertz CT molecular complexity index is 477. The largest absolute Gasteiger partial charge is 0.325 e. The van der Waals surface area contributed by atoms with Crippen LogP contribution in [0.3, 0.4) is 0 Å². The molecule has 0 saturated carbocycles. The number of amides is 1. The van der Waals surface area contributed by atoms with E-state index < -0.39 is 0 Å². The highest BCUT2D eigenvalue weighted by atomic mass is 35.5. The lowest BCUT2D eigenvalue weighted by atomic mass is 10.1. The van der Waals surface area contributed by atoms with Gasteiger partial charge in [0.2, 0.25) is 5.91 Å². The maximum absolute atomic E-state index is 12.1. The molecule has 1 amide bonds. The van der Waals surface area contributed by atoms with Crippen molar-refractivity contribution in [1.29, 1.82) is 0 Å². The first-order chi connectivity index (χ1) is 9.54. The molecule has 1 unspecified atom stereocenters. The summed E-state index contributed by atoms with van der Waals surface area (Å²) >= 11 is 7.76. The molecule has 1 fully saturated rings. The molecule has 0 radical (unpaired) electrons. The summed E-state index contributed by atoms with van der Waals surface area (Å²) in [6, 6.07) is 5.97. The van der Waals surface area contributed by atoms with Gasteiger partial charge in [-0.15, -0.1) is 24.2 Å². The minimum Gasteiger partial charge on any atom is -0.325 e. The first-order valence-electron chi connectivity index (χ1n) is 7.04. The molecule has 0 aliphatic carbocycles. The Morgan fingerprint density at radius 1 is 1.52 bits per heavy atom. The van der Waals surface area contributed by atoms with E-state index in [0.29, 0.717) is 22.7 Å². The number of hydrogen-bond donors (Lipinski definition) is 2. The lowest BCUT2D eigenvalue weighted by Gasteiger charge is -2.14. The summed E-state index contributed by atoms with van der Waals surface area (Å²) < 4.78 is 0. The lowest BCUT2D eigenvalue weighted by Crippen LogP contribution is -2.27. The molecule has 1 aromatic carbocycles. The summed E-state index contributed by atoms with van der Waals surface area (Å²) in [5.41, 5.74) is 0.819. The standard InChI is InChI=1S/C15H21ClN2OS.ClH/c1-10(2)20-14-6-5-11(16)8-13(14)18-15(19)9-12-4-3-7-17-12;/h5-6,8,10,12,17H,3-4,7,9H2,1-2H3,(H,18,19);1H. The molecule has 1 aromatic rings. The van der Waals surface area contributed by atoms with Crippen LogP contribution in [0, 0.1) is 0 Å². The molecule has 0 aromatic heterocycles. The molecule has 6 heteroatoms. The molecule has 1 saturated heterocycles. The van der Waals surface area contributed by atoms with Crippen molar-refractivity contribution in [3.05, 3.63) is 23.2 Å². The fourth-order valence-corrected chi connectivity index (χ4v) is 3.38. The quantitative estimate of drug-likeness (QED) is 0.777. The molecule has 3 nitrogen and oxygen atoms in total. The van der Waals surface area contributed by atoms with Crippen molar-refractivity contribution < 1.29 is 4.79 Å². The zero-order valence-electron chi connectivity index (χ0n) is 12.3. The lowest BCUT2D eigenvalue weighted by molar-refractivity contribution is -0.116. The van der Waals surface area contributed by atoms with Crippen molar-refractivity contribution in [1.82, 2.24) is 5.32 Å². The maximum atomic E-state index is 12.1. The van der Waals surface area contributed by atoms with Gasteiger partial charge >= 0.3 is 0 Å². The second kappa shape index (κ2) is 8.89. The van der Waals surface area contributed by atoms with E-state index in [1.54, 1.807) is 11.8 Å².